The molecule has 0 fully saturated rings. The van der Waals surface area contributed by atoms with Crippen molar-refractivity contribution in [1.29, 1.82) is 0 Å². The summed E-state index contributed by atoms with van der Waals surface area (Å²) in [6, 6.07) is 4.64. The van der Waals surface area contributed by atoms with E-state index in [1.165, 1.54) is 6.07 Å². The van der Waals surface area contributed by atoms with Gasteiger partial charge in [0.05, 0.1) is 5.41 Å². The molecule has 1 amide bonds. The Hall–Kier alpha value is -2.15. The number of carbonyl (C=O) groups is 1. The third-order valence-corrected chi connectivity index (χ3v) is 2.67. The van der Waals surface area contributed by atoms with E-state index < -0.39 is 17.1 Å². The number of nitrogens with one attached hydrogen (secondary N) is 1. The lowest BCUT2D eigenvalue weighted by molar-refractivity contribution is 0.0635. The van der Waals surface area contributed by atoms with Gasteiger partial charge in [-0.25, -0.2) is 4.79 Å². The van der Waals surface area contributed by atoms with Gasteiger partial charge in [0.2, 0.25) is 0 Å². The van der Waals surface area contributed by atoms with E-state index in [-0.39, 0.29) is 5.75 Å². The number of terminal acetylenes is 1. The van der Waals surface area contributed by atoms with Crippen LogP contribution in [0.25, 0.3) is 0 Å². The van der Waals surface area contributed by atoms with Crippen LogP contribution in [-0.4, -0.2) is 16.8 Å². The van der Waals surface area contributed by atoms with E-state index in [2.05, 4.69) is 11.2 Å². The fourth-order valence-electron chi connectivity index (χ4n) is 1.65. The summed E-state index contributed by atoms with van der Waals surface area (Å²) in [6.45, 7) is 9.03. The largest absolute Gasteiger partial charge is 0.508 e. The van der Waals surface area contributed by atoms with E-state index in [0.717, 1.165) is 0 Å². The number of hydrogen-bond acceptors (Lipinski definition) is 3. The van der Waals surface area contributed by atoms with Crippen molar-refractivity contribution in [2.45, 2.75) is 45.6 Å². The summed E-state index contributed by atoms with van der Waals surface area (Å²) in [4.78, 5) is 11.8. The maximum Gasteiger partial charge on any atom is 0.412 e. The number of benzene rings is 1. The van der Waals surface area contributed by atoms with Crippen LogP contribution in [0.4, 0.5) is 10.5 Å². The Morgan fingerprint density at radius 2 is 1.90 bits per heavy atom. The van der Waals surface area contributed by atoms with Gasteiger partial charge in [-0.2, -0.15) is 0 Å². The Morgan fingerprint density at radius 1 is 1.30 bits per heavy atom. The van der Waals surface area contributed by atoms with Gasteiger partial charge in [0.1, 0.15) is 11.4 Å². The van der Waals surface area contributed by atoms with Gasteiger partial charge in [0.25, 0.3) is 0 Å². The Kier molecular flexibility index (Phi) is 4.34. The summed E-state index contributed by atoms with van der Waals surface area (Å²) < 4.78 is 5.21. The number of ether oxygens (including phenoxy) is 1. The number of carbonyl (C=O) groups excluding carboxylic acids is 1. The minimum absolute atomic E-state index is 0.0954. The van der Waals surface area contributed by atoms with Gasteiger partial charge in [-0.05, 0) is 58.4 Å². The Bertz CT molecular complexity index is 548. The lowest BCUT2D eigenvalue weighted by Gasteiger charge is -2.24. The molecule has 1 aromatic rings. The molecule has 0 unspecified atom stereocenters. The van der Waals surface area contributed by atoms with Gasteiger partial charge in [-0.1, -0.05) is 5.92 Å². The standard InChI is InChI=1S/C16H21NO3/c1-7-16(5,6)12-10-11(18)8-9-13(12)17-14(19)20-15(2,3)4/h1,8-10,18H,2-6H3,(H,17,19). The predicted octanol–water partition coefficient (Wildman–Crippen LogP) is 3.65. The van der Waals surface area contributed by atoms with Crippen molar-refractivity contribution >= 4 is 11.8 Å². The Morgan fingerprint density at radius 3 is 2.40 bits per heavy atom. The van der Waals surface area contributed by atoms with Crippen molar-refractivity contribution in [2.75, 3.05) is 5.32 Å². The van der Waals surface area contributed by atoms with Crippen LogP contribution >= 0.6 is 0 Å². The topological polar surface area (TPSA) is 58.6 Å². The highest BCUT2D eigenvalue weighted by Crippen LogP contribution is 2.32. The maximum atomic E-state index is 11.8. The first-order chi connectivity index (χ1) is 9.05. The minimum Gasteiger partial charge on any atom is -0.508 e. The number of aromatic hydroxyl groups is 1. The van der Waals surface area contributed by atoms with Crippen LogP contribution in [0.5, 0.6) is 5.75 Å². The van der Waals surface area contributed by atoms with E-state index in [0.29, 0.717) is 11.3 Å². The molecule has 2 N–H and O–H groups in total. The third-order valence-electron chi connectivity index (χ3n) is 2.67. The lowest BCUT2D eigenvalue weighted by Crippen LogP contribution is -2.28. The van der Waals surface area contributed by atoms with Gasteiger partial charge in [0, 0.05) is 5.69 Å². The van der Waals surface area contributed by atoms with Crippen LogP contribution in [0.15, 0.2) is 18.2 Å². The van der Waals surface area contributed by atoms with Crippen LogP contribution in [0.3, 0.4) is 0 Å². The van der Waals surface area contributed by atoms with Gasteiger partial charge in [-0.3, -0.25) is 5.32 Å². The quantitative estimate of drug-likeness (QED) is 0.640. The van der Waals surface area contributed by atoms with Crippen molar-refractivity contribution in [1.82, 2.24) is 0 Å². The summed E-state index contributed by atoms with van der Waals surface area (Å²) in [5, 5.41) is 12.3. The molecule has 108 valence electrons. The molecule has 0 aliphatic rings. The maximum absolute atomic E-state index is 11.8. The zero-order chi connectivity index (χ0) is 15.6. The van der Waals surface area contributed by atoms with Crippen molar-refractivity contribution in [3.05, 3.63) is 23.8 Å². The normalized spacial score (nSPS) is 11.6. The molecule has 0 aliphatic carbocycles. The second-order valence-corrected chi connectivity index (χ2v) is 6.13. The van der Waals surface area contributed by atoms with Gasteiger partial charge >= 0.3 is 6.09 Å². The molecule has 4 nitrogen and oxygen atoms in total. The summed E-state index contributed by atoms with van der Waals surface area (Å²) in [5.41, 5.74) is -0.0165. The van der Waals surface area contributed by atoms with Crippen molar-refractivity contribution < 1.29 is 14.6 Å². The molecule has 20 heavy (non-hydrogen) atoms. The molecule has 0 saturated heterocycles. The average molecular weight is 275 g/mol. The highest BCUT2D eigenvalue weighted by Gasteiger charge is 2.24. The van der Waals surface area contributed by atoms with Gasteiger partial charge < -0.3 is 9.84 Å². The molecule has 0 spiro atoms. The summed E-state index contributed by atoms with van der Waals surface area (Å²) in [6.07, 6.45) is 4.96. The lowest BCUT2D eigenvalue weighted by atomic mass is 9.84. The number of phenols is 1. The smallest absolute Gasteiger partial charge is 0.412 e. The molecule has 0 saturated carbocycles. The van der Waals surface area contributed by atoms with E-state index >= 15 is 0 Å². The first-order valence-corrected chi connectivity index (χ1v) is 6.36. The van der Waals surface area contributed by atoms with E-state index in [1.807, 2.05) is 13.8 Å². The fourth-order valence-corrected chi connectivity index (χ4v) is 1.65. The summed E-state index contributed by atoms with van der Waals surface area (Å²) in [7, 11) is 0. The highest BCUT2D eigenvalue weighted by atomic mass is 16.6. The van der Waals surface area contributed by atoms with Crippen molar-refractivity contribution in [2.24, 2.45) is 0 Å². The molecule has 0 bridgehead atoms. The van der Waals surface area contributed by atoms with Crippen LogP contribution < -0.4 is 5.32 Å². The number of anilines is 1. The second-order valence-electron chi connectivity index (χ2n) is 6.13. The molecular formula is C16H21NO3. The van der Waals surface area contributed by atoms with E-state index in [1.54, 1.807) is 32.9 Å². The Labute approximate surface area is 120 Å². The molecule has 0 aliphatic heterocycles. The fraction of sp³-hybridized carbons (Fsp3) is 0.438. The molecule has 0 aromatic heterocycles. The van der Waals surface area contributed by atoms with E-state index in [9.17, 15) is 9.90 Å². The summed E-state index contributed by atoms with van der Waals surface area (Å²) in [5.74, 6) is 2.74. The molecule has 1 rings (SSSR count). The second kappa shape index (κ2) is 5.46. The molecule has 1 aromatic carbocycles. The Balaban J connectivity index is 3.08. The SMILES string of the molecule is C#CC(C)(C)c1cc(O)ccc1NC(=O)OC(C)(C)C. The first kappa shape index (κ1) is 15.9. The van der Waals surface area contributed by atoms with Crippen LogP contribution in [0, 0.1) is 12.3 Å². The first-order valence-electron chi connectivity index (χ1n) is 6.36. The zero-order valence-electron chi connectivity index (χ0n) is 12.6. The van der Waals surface area contributed by atoms with Gasteiger partial charge in [-0.15, -0.1) is 6.42 Å². The zero-order valence-corrected chi connectivity index (χ0v) is 12.6. The van der Waals surface area contributed by atoms with Crippen LogP contribution in [-0.2, 0) is 10.2 Å². The monoisotopic (exact) mass is 275 g/mol. The number of hydrogen-bond donors (Lipinski definition) is 2. The van der Waals surface area contributed by atoms with Crippen LogP contribution in [0.1, 0.15) is 40.2 Å². The molecule has 0 heterocycles. The average Bonchev–Trinajstić information content (AvgIpc) is 2.29. The highest BCUT2D eigenvalue weighted by molar-refractivity contribution is 5.86. The third kappa shape index (κ3) is 4.20. The molecule has 0 radical (unpaired) electrons. The number of rotatable bonds is 2. The van der Waals surface area contributed by atoms with Crippen molar-refractivity contribution in [3.63, 3.8) is 0 Å². The van der Waals surface area contributed by atoms with Gasteiger partial charge in [0.15, 0.2) is 0 Å². The molecule has 4 heteroatoms. The summed E-state index contributed by atoms with van der Waals surface area (Å²) >= 11 is 0. The predicted molar refractivity (Wildman–Crippen MR) is 79.8 cm³/mol. The van der Waals surface area contributed by atoms with E-state index in [4.69, 9.17) is 11.2 Å². The van der Waals surface area contributed by atoms with Crippen LogP contribution in [0.2, 0.25) is 0 Å². The molecular weight excluding hydrogens is 254 g/mol. The van der Waals surface area contributed by atoms with Crippen molar-refractivity contribution in [3.8, 4) is 18.1 Å². The minimum atomic E-state index is -0.622. The molecule has 0 atom stereocenters. The number of phenolic OH excluding ortho intramolecular Hbond substituents is 1. The number of amides is 1.